The molecular weight excluding hydrogens is 454 g/mol. The number of likely N-dealkylation sites (tertiary alicyclic amines) is 1. The molecule has 1 fully saturated rings. The molecule has 1 aliphatic rings. The van der Waals surface area contributed by atoms with Crippen molar-refractivity contribution in [1.82, 2.24) is 15.5 Å². The van der Waals surface area contributed by atoms with Crippen LogP contribution in [0, 0.1) is 5.92 Å². The molecule has 34 heavy (non-hydrogen) atoms. The maximum atomic E-state index is 13.2. The number of carbonyl (C=O) groups is 2. The van der Waals surface area contributed by atoms with Crippen molar-refractivity contribution in [2.45, 2.75) is 38.8 Å². The van der Waals surface area contributed by atoms with E-state index in [1.807, 2.05) is 38.1 Å². The van der Waals surface area contributed by atoms with Gasteiger partial charge in [0.2, 0.25) is 5.91 Å². The van der Waals surface area contributed by atoms with Crippen LogP contribution in [0.1, 0.15) is 48.7 Å². The smallest absolute Gasteiger partial charge is 0.252 e. The van der Waals surface area contributed by atoms with Gasteiger partial charge in [0.25, 0.3) is 5.91 Å². The van der Waals surface area contributed by atoms with Crippen molar-refractivity contribution >= 4 is 23.4 Å². The molecule has 0 radical (unpaired) electrons. The normalized spacial score (nSPS) is 15.6. The predicted molar refractivity (Wildman–Crippen MR) is 134 cm³/mol. The highest BCUT2D eigenvalue weighted by atomic mass is 35.5. The molecule has 3 rings (SSSR count). The predicted octanol–water partition coefficient (Wildman–Crippen LogP) is 4.06. The summed E-state index contributed by atoms with van der Waals surface area (Å²) < 4.78 is 10.5. The molecule has 2 unspecified atom stereocenters. The number of hydrogen-bond acceptors (Lipinski definition) is 5. The lowest BCUT2D eigenvalue weighted by Gasteiger charge is -2.30. The van der Waals surface area contributed by atoms with E-state index in [1.165, 1.54) is 14.2 Å². The van der Waals surface area contributed by atoms with Crippen LogP contribution in [0.4, 0.5) is 0 Å². The summed E-state index contributed by atoms with van der Waals surface area (Å²) in [7, 11) is 3.05. The Morgan fingerprint density at radius 2 is 1.68 bits per heavy atom. The van der Waals surface area contributed by atoms with Crippen LogP contribution in [0.5, 0.6) is 11.5 Å². The summed E-state index contributed by atoms with van der Waals surface area (Å²) in [6.45, 7) is 6.21. The number of hydrogen-bond donors (Lipinski definition) is 2. The highest BCUT2D eigenvalue weighted by Gasteiger charge is 2.28. The molecule has 1 aliphatic heterocycles. The van der Waals surface area contributed by atoms with Crippen molar-refractivity contribution in [2.75, 3.05) is 33.9 Å². The topological polar surface area (TPSA) is 79.9 Å². The minimum Gasteiger partial charge on any atom is -0.497 e. The van der Waals surface area contributed by atoms with Gasteiger partial charge in [0.1, 0.15) is 17.5 Å². The second kappa shape index (κ2) is 12.1. The Bertz CT molecular complexity index is 970. The maximum absolute atomic E-state index is 13.2. The van der Waals surface area contributed by atoms with Gasteiger partial charge in [-0.2, -0.15) is 0 Å². The van der Waals surface area contributed by atoms with Crippen LogP contribution in [0.15, 0.2) is 42.5 Å². The van der Waals surface area contributed by atoms with Crippen molar-refractivity contribution in [3.63, 3.8) is 0 Å². The van der Waals surface area contributed by atoms with E-state index < -0.39 is 6.04 Å². The molecule has 1 heterocycles. The van der Waals surface area contributed by atoms with Gasteiger partial charge in [0, 0.05) is 23.2 Å². The Hall–Kier alpha value is -2.77. The first-order chi connectivity index (χ1) is 16.3. The van der Waals surface area contributed by atoms with Gasteiger partial charge in [-0.3, -0.25) is 14.5 Å². The molecule has 2 N–H and O–H groups in total. The van der Waals surface area contributed by atoms with Gasteiger partial charge in [-0.1, -0.05) is 37.6 Å². The lowest BCUT2D eigenvalue weighted by Crippen LogP contribution is -2.51. The summed E-state index contributed by atoms with van der Waals surface area (Å²) in [5.41, 5.74) is 1.44. The van der Waals surface area contributed by atoms with Crippen LogP contribution in [-0.2, 0) is 4.79 Å². The fourth-order valence-corrected chi connectivity index (χ4v) is 4.43. The van der Waals surface area contributed by atoms with Crippen LogP contribution in [0.3, 0.4) is 0 Å². The summed E-state index contributed by atoms with van der Waals surface area (Å²) >= 11 is 6.24. The van der Waals surface area contributed by atoms with E-state index in [2.05, 4.69) is 15.5 Å². The van der Waals surface area contributed by atoms with Crippen molar-refractivity contribution < 1.29 is 19.1 Å². The largest absolute Gasteiger partial charge is 0.497 e. The van der Waals surface area contributed by atoms with Gasteiger partial charge in [0.05, 0.1) is 20.3 Å². The molecule has 0 bridgehead atoms. The molecule has 2 aromatic rings. The molecule has 0 aliphatic carbocycles. The Morgan fingerprint density at radius 1 is 1.03 bits per heavy atom. The van der Waals surface area contributed by atoms with Crippen molar-refractivity contribution in [2.24, 2.45) is 5.92 Å². The molecule has 2 aromatic carbocycles. The summed E-state index contributed by atoms with van der Waals surface area (Å²) in [5, 5.41) is 6.63. The van der Waals surface area contributed by atoms with Gasteiger partial charge in [-0.25, -0.2) is 0 Å². The molecule has 1 saturated heterocycles. The van der Waals surface area contributed by atoms with Crippen LogP contribution in [-0.4, -0.2) is 56.6 Å². The van der Waals surface area contributed by atoms with E-state index >= 15 is 0 Å². The zero-order valence-corrected chi connectivity index (χ0v) is 21.0. The van der Waals surface area contributed by atoms with Crippen LogP contribution < -0.4 is 20.1 Å². The van der Waals surface area contributed by atoms with E-state index in [4.69, 9.17) is 21.1 Å². The third-order valence-corrected chi connectivity index (χ3v) is 6.37. The number of rotatable bonds is 10. The van der Waals surface area contributed by atoms with Gasteiger partial charge in [-0.05, 0) is 61.7 Å². The Morgan fingerprint density at radius 3 is 2.24 bits per heavy atom. The molecule has 8 heteroatoms. The highest BCUT2D eigenvalue weighted by Crippen LogP contribution is 2.27. The summed E-state index contributed by atoms with van der Waals surface area (Å²) in [5.74, 6) is 0.323. The number of carbonyl (C=O) groups excluding carboxylic acids is 2. The van der Waals surface area contributed by atoms with Crippen molar-refractivity contribution in [1.29, 1.82) is 0 Å². The van der Waals surface area contributed by atoms with E-state index in [0.717, 1.165) is 31.5 Å². The van der Waals surface area contributed by atoms with Crippen LogP contribution >= 0.6 is 11.6 Å². The first-order valence-corrected chi connectivity index (χ1v) is 12.0. The van der Waals surface area contributed by atoms with E-state index in [1.54, 1.807) is 18.2 Å². The fraction of sp³-hybridized carbons (Fsp3) is 0.462. The second-order valence-corrected chi connectivity index (χ2v) is 9.29. The third-order valence-electron chi connectivity index (χ3n) is 6.13. The molecule has 0 spiro atoms. The Labute approximate surface area is 206 Å². The number of methoxy groups -OCH3 is 2. The molecule has 184 valence electrons. The number of nitrogens with zero attached hydrogens (tertiary/aromatic N) is 1. The number of nitrogens with one attached hydrogen (secondary N) is 2. The van der Waals surface area contributed by atoms with Crippen LogP contribution in [0.25, 0.3) is 0 Å². The van der Waals surface area contributed by atoms with Gasteiger partial charge in [-0.15, -0.1) is 0 Å². The van der Waals surface area contributed by atoms with E-state index in [0.29, 0.717) is 28.6 Å². The molecule has 0 saturated carbocycles. The van der Waals surface area contributed by atoms with E-state index in [-0.39, 0.29) is 23.8 Å². The number of amides is 2. The Balaban J connectivity index is 1.72. The lowest BCUT2D eigenvalue weighted by molar-refractivity contribution is -0.124. The molecule has 0 aromatic heterocycles. The first kappa shape index (κ1) is 25.8. The lowest BCUT2D eigenvalue weighted by atomic mass is 10.0. The zero-order valence-electron chi connectivity index (χ0n) is 20.3. The third kappa shape index (κ3) is 6.64. The maximum Gasteiger partial charge on any atom is 0.252 e. The average Bonchev–Trinajstić information content (AvgIpc) is 3.36. The molecule has 7 nitrogen and oxygen atoms in total. The minimum atomic E-state index is -0.691. The first-order valence-electron chi connectivity index (χ1n) is 11.6. The molecule has 2 atom stereocenters. The molecular formula is C26H34ClN3O4. The van der Waals surface area contributed by atoms with Gasteiger partial charge in [0.15, 0.2) is 0 Å². The second-order valence-electron chi connectivity index (χ2n) is 8.86. The Kier molecular flexibility index (Phi) is 9.19. The summed E-state index contributed by atoms with van der Waals surface area (Å²) in [6.07, 6.45) is 2.28. The SMILES string of the molecule is COc1cc(OC)cc(C(=O)NC(C(=O)NCC(c2cccc(Cl)c2)N2CCCC2)C(C)C)c1. The quantitative estimate of drug-likeness (QED) is 0.528. The van der Waals surface area contributed by atoms with Crippen molar-refractivity contribution in [3.05, 3.63) is 58.6 Å². The number of halogens is 1. The molecule has 2 amide bonds. The van der Waals surface area contributed by atoms with Gasteiger partial charge < -0.3 is 20.1 Å². The van der Waals surface area contributed by atoms with E-state index in [9.17, 15) is 9.59 Å². The summed E-state index contributed by atoms with van der Waals surface area (Å²) in [6, 6.07) is 12.0. The fourth-order valence-electron chi connectivity index (χ4n) is 4.23. The van der Waals surface area contributed by atoms with Crippen LogP contribution in [0.2, 0.25) is 5.02 Å². The number of ether oxygens (including phenoxy) is 2. The minimum absolute atomic E-state index is 0.0244. The van der Waals surface area contributed by atoms with Crippen molar-refractivity contribution in [3.8, 4) is 11.5 Å². The standard InChI is InChI=1S/C26H34ClN3O4/c1-17(2)24(29-25(31)19-13-21(33-3)15-22(14-19)34-4)26(32)28-16-23(30-10-5-6-11-30)18-8-7-9-20(27)12-18/h7-9,12-15,17,23-24H,5-6,10-11,16H2,1-4H3,(H,28,32)(H,29,31). The van der Waals surface area contributed by atoms with Gasteiger partial charge >= 0.3 is 0 Å². The summed E-state index contributed by atoms with van der Waals surface area (Å²) in [4.78, 5) is 28.5. The average molecular weight is 488 g/mol. The number of benzene rings is 2. The highest BCUT2D eigenvalue weighted by molar-refractivity contribution is 6.30. The zero-order chi connectivity index (χ0) is 24.7. The monoisotopic (exact) mass is 487 g/mol.